The highest BCUT2D eigenvalue weighted by molar-refractivity contribution is 6.20. The van der Waals surface area contributed by atoms with Gasteiger partial charge in [0.1, 0.15) is 11.6 Å². The molecule has 3 rings (SSSR count). The van der Waals surface area contributed by atoms with E-state index in [1.165, 1.54) is 31.4 Å². The van der Waals surface area contributed by atoms with Crippen LogP contribution in [0.3, 0.4) is 0 Å². The summed E-state index contributed by atoms with van der Waals surface area (Å²) in [6.07, 6.45) is 6.02. The fourth-order valence-corrected chi connectivity index (χ4v) is 3.59. The largest absolute Gasteiger partial charge is 0.321 e. The quantitative estimate of drug-likeness (QED) is 0.700. The van der Waals surface area contributed by atoms with Crippen molar-refractivity contribution in [1.29, 1.82) is 0 Å². The zero-order chi connectivity index (χ0) is 14.3. The summed E-state index contributed by atoms with van der Waals surface area (Å²) < 4.78 is 15.7. The highest BCUT2D eigenvalue weighted by Crippen LogP contribution is 2.40. The Labute approximate surface area is 123 Å². The highest BCUT2D eigenvalue weighted by Gasteiger charge is 2.33. The summed E-state index contributed by atoms with van der Waals surface area (Å²) in [6.45, 7) is 4.21. The Bertz CT molecular complexity index is 627. The second kappa shape index (κ2) is 5.03. The molecule has 1 aromatic carbocycles. The minimum Gasteiger partial charge on any atom is -0.321 e. The average molecular weight is 295 g/mol. The molecule has 4 heteroatoms. The highest BCUT2D eigenvalue weighted by atomic mass is 35.5. The lowest BCUT2D eigenvalue weighted by Gasteiger charge is -2.37. The third kappa shape index (κ3) is 2.22. The second-order valence-corrected chi connectivity index (χ2v) is 6.77. The minimum atomic E-state index is -0.246. The minimum absolute atomic E-state index is 0.0450. The maximum Gasteiger partial charge on any atom is 0.128 e. The molecule has 0 saturated heterocycles. The van der Waals surface area contributed by atoms with Gasteiger partial charge < -0.3 is 4.57 Å². The van der Waals surface area contributed by atoms with Crippen molar-refractivity contribution in [2.24, 2.45) is 0 Å². The van der Waals surface area contributed by atoms with E-state index in [0.717, 1.165) is 24.2 Å². The number of aromatic nitrogens is 2. The van der Waals surface area contributed by atoms with E-state index >= 15 is 0 Å². The van der Waals surface area contributed by atoms with Gasteiger partial charge in [0.25, 0.3) is 0 Å². The third-order valence-electron chi connectivity index (χ3n) is 4.47. The maximum absolute atomic E-state index is 13.4. The van der Waals surface area contributed by atoms with Crippen LogP contribution in [0.5, 0.6) is 0 Å². The monoisotopic (exact) mass is 294 g/mol. The van der Waals surface area contributed by atoms with Crippen LogP contribution in [0.25, 0.3) is 11.0 Å². The third-order valence-corrected chi connectivity index (χ3v) is 4.66. The van der Waals surface area contributed by atoms with E-state index in [1.807, 2.05) is 13.0 Å². The van der Waals surface area contributed by atoms with Crippen LogP contribution in [0.4, 0.5) is 4.39 Å². The normalized spacial score (nSPS) is 20.2. The van der Waals surface area contributed by atoms with E-state index in [0.29, 0.717) is 5.52 Å². The molecule has 1 aromatic heterocycles. The van der Waals surface area contributed by atoms with Gasteiger partial charge in [0.2, 0.25) is 0 Å². The molecule has 0 N–H and O–H groups in total. The van der Waals surface area contributed by atoms with Crippen LogP contribution in [0, 0.1) is 5.82 Å². The number of rotatable bonds is 2. The molecular formula is C16H20ClFN2. The van der Waals surface area contributed by atoms with Gasteiger partial charge in [-0.1, -0.05) is 19.3 Å². The van der Waals surface area contributed by atoms with Crippen molar-refractivity contribution in [3.05, 3.63) is 29.8 Å². The van der Waals surface area contributed by atoms with Crippen LogP contribution in [0.1, 0.15) is 57.2 Å². The van der Waals surface area contributed by atoms with Crippen LogP contribution in [-0.4, -0.2) is 9.55 Å². The zero-order valence-electron chi connectivity index (χ0n) is 12.0. The fourth-order valence-electron chi connectivity index (χ4n) is 3.44. The SMILES string of the molecule is CC(Cl)c1nc2cc(F)ccc2n1C1(C)CCCCC1. The predicted molar refractivity (Wildman–Crippen MR) is 80.7 cm³/mol. The Hall–Kier alpha value is -1.09. The Kier molecular flexibility index (Phi) is 3.49. The topological polar surface area (TPSA) is 17.8 Å². The van der Waals surface area contributed by atoms with Gasteiger partial charge in [0.05, 0.1) is 16.4 Å². The molecule has 1 atom stereocenters. The molecule has 0 amide bonds. The summed E-state index contributed by atoms with van der Waals surface area (Å²) in [7, 11) is 0. The first kappa shape index (κ1) is 13.9. The molecule has 108 valence electrons. The average Bonchev–Trinajstić information content (AvgIpc) is 2.79. The summed E-state index contributed by atoms with van der Waals surface area (Å²) >= 11 is 6.32. The number of nitrogens with zero attached hydrogens (tertiary/aromatic N) is 2. The van der Waals surface area contributed by atoms with Crippen molar-refractivity contribution in [2.75, 3.05) is 0 Å². The molecule has 1 unspecified atom stereocenters. The van der Waals surface area contributed by atoms with Crippen molar-refractivity contribution in [3.63, 3.8) is 0 Å². The molecule has 1 fully saturated rings. The summed E-state index contributed by atoms with van der Waals surface area (Å²) in [4.78, 5) is 4.58. The number of alkyl halides is 1. The summed E-state index contributed by atoms with van der Waals surface area (Å²) in [5.74, 6) is 0.612. The molecule has 20 heavy (non-hydrogen) atoms. The van der Waals surface area contributed by atoms with Crippen molar-refractivity contribution >= 4 is 22.6 Å². The van der Waals surface area contributed by atoms with Crippen LogP contribution in [0.15, 0.2) is 18.2 Å². The van der Waals surface area contributed by atoms with Gasteiger partial charge >= 0.3 is 0 Å². The molecule has 0 aliphatic heterocycles. The number of hydrogen-bond acceptors (Lipinski definition) is 1. The van der Waals surface area contributed by atoms with Gasteiger partial charge in [-0.25, -0.2) is 9.37 Å². The van der Waals surface area contributed by atoms with Crippen molar-refractivity contribution in [3.8, 4) is 0 Å². The van der Waals surface area contributed by atoms with Crippen molar-refractivity contribution in [2.45, 2.75) is 56.9 Å². The maximum atomic E-state index is 13.4. The lowest BCUT2D eigenvalue weighted by atomic mass is 9.82. The van der Waals surface area contributed by atoms with E-state index in [1.54, 1.807) is 0 Å². The molecule has 0 spiro atoms. The summed E-state index contributed by atoms with van der Waals surface area (Å²) in [5, 5.41) is -0.177. The van der Waals surface area contributed by atoms with Crippen LogP contribution >= 0.6 is 11.6 Å². The van der Waals surface area contributed by atoms with E-state index in [2.05, 4.69) is 16.5 Å². The molecule has 2 nitrogen and oxygen atoms in total. The molecule has 0 radical (unpaired) electrons. The van der Waals surface area contributed by atoms with Crippen LogP contribution < -0.4 is 0 Å². The fraction of sp³-hybridized carbons (Fsp3) is 0.562. The Morgan fingerprint density at radius 2 is 2.00 bits per heavy atom. The van der Waals surface area contributed by atoms with Crippen molar-refractivity contribution in [1.82, 2.24) is 9.55 Å². The first-order valence-electron chi connectivity index (χ1n) is 7.34. The van der Waals surface area contributed by atoms with Crippen LogP contribution in [0.2, 0.25) is 0 Å². The summed E-state index contributed by atoms with van der Waals surface area (Å²) in [6, 6.07) is 4.84. The molecule has 2 aromatic rings. The molecule has 1 heterocycles. The van der Waals surface area contributed by atoms with Gasteiger partial charge in [-0.15, -0.1) is 11.6 Å². The number of halogens is 2. The predicted octanol–water partition coefficient (Wildman–Crippen LogP) is 5.15. The Balaban J connectivity index is 2.23. The van der Waals surface area contributed by atoms with Crippen LogP contribution in [-0.2, 0) is 5.54 Å². The first-order chi connectivity index (χ1) is 9.51. The van der Waals surface area contributed by atoms with Gasteiger partial charge in [0, 0.05) is 11.6 Å². The molecular weight excluding hydrogens is 275 g/mol. The van der Waals surface area contributed by atoms with Gasteiger partial charge in [0.15, 0.2) is 0 Å². The Morgan fingerprint density at radius 1 is 1.30 bits per heavy atom. The standard InChI is InChI=1S/C16H20ClFN2/c1-11(17)15-19-13-10-12(18)6-7-14(13)20(15)16(2)8-4-3-5-9-16/h6-7,10-11H,3-5,8-9H2,1-2H3. The van der Waals surface area contributed by atoms with E-state index in [9.17, 15) is 4.39 Å². The number of fused-ring (bicyclic) bond motifs is 1. The van der Waals surface area contributed by atoms with Gasteiger partial charge in [-0.05, 0) is 38.8 Å². The second-order valence-electron chi connectivity index (χ2n) is 6.11. The number of imidazole rings is 1. The summed E-state index contributed by atoms with van der Waals surface area (Å²) in [5.41, 5.74) is 1.75. The lowest BCUT2D eigenvalue weighted by molar-refractivity contribution is 0.219. The first-order valence-corrected chi connectivity index (χ1v) is 7.77. The Morgan fingerprint density at radius 3 is 2.65 bits per heavy atom. The van der Waals surface area contributed by atoms with Crippen molar-refractivity contribution < 1.29 is 4.39 Å². The smallest absolute Gasteiger partial charge is 0.128 e. The molecule has 0 bridgehead atoms. The van der Waals surface area contributed by atoms with E-state index < -0.39 is 0 Å². The number of hydrogen-bond donors (Lipinski definition) is 0. The van der Waals surface area contributed by atoms with Gasteiger partial charge in [-0.2, -0.15) is 0 Å². The molecule has 1 aliphatic carbocycles. The zero-order valence-corrected chi connectivity index (χ0v) is 12.8. The van der Waals surface area contributed by atoms with E-state index in [4.69, 9.17) is 11.6 Å². The molecule has 1 saturated carbocycles. The van der Waals surface area contributed by atoms with Gasteiger partial charge in [-0.3, -0.25) is 0 Å². The lowest BCUT2D eigenvalue weighted by Crippen LogP contribution is -2.34. The number of benzene rings is 1. The van der Waals surface area contributed by atoms with E-state index in [-0.39, 0.29) is 16.7 Å². The molecule has 1 aliphatic rings.